The van der Waals surface area contributed by atoms with Gasteiger partial charge in [-0.1, -0.05) is 12.1 Å². The highest BCUT2D eigenvalue weighted by Gasteiger charge is 2.21. The van der Waals surface area contributed by atoms with Crippen molar-refractivity contribution in [2.45, 2.75) is 13.5 Å². The number of esters is 1. The largest absolute Gasteiger partial charge is 0.465 e. The summed E-state index contributed by atoms with van der Waals surface area (Å²) in [6, 6.07) is 10.1. The van der Waals surface area contributed by atoms with Crippen LogP contribution < -0.4 is 10.2 Å². The van der Waals surface area contributed by atoms with Gasteiger partial charge in [-0.15, -0.1) is 0 Å². The standard InChI is InChI=1S/C18H19N3O4/c1-13(22)21(16-6-4-3-5-15(16)18(24)25-2)12-17(23)20-11-14-7-9-19-10-8-14/h3-10H,11-12H2,1-2H3,(H,20,23). The van der Waals surface area contributed by atoms with Crippen LogP contribution in [0.5, 0.6) is 0 Å². The summed E-state index contributed by atoms with van der Waals surface area (Å²) >= 11 is 0. The third-order valence-electron chi connectivity index (χ3n) is 3.52. The van der Waals surface area contributed by atoms with E-state index in [0.717, 1.165) is 5.56 Å². The molecule has 2 aromatic rings. The lowest BCUT2D eigenvalue weighted by atomic mass is 10.1. The molecule has 0 spiro atoms. The van der Waals surface area contributed by atoms with Gasteiger partial charge >= 0.3 is 5.97 Å². The van der Waals surface area contributed by atoms with Gasteiger partial charge in [0.25, 0.3) is 0 Å². The van der Waals surface area contributed by atoms with E-state index >= 15 is 0 Å². The second-order valence-corrected chi connectivity index (χ2v) is 5.25. The normalized spacial score (nSPS) is 10.0. The number of nitrogens with zero attached hydrogens (tertiary/aromatic N) is 2. The Morgan fingerprint density at radius 1 is 1.12 bits per heavy atom. The van der Waals surface area contributed by atoms with Crippen molar-refractivity contribution >= 4 is 23.5 Å². The SMILES string of the molecule is COC(=O)c1ccccc1N(CC(=O)NCc1ccncc1)C(C)=O. The van der Waals surface area contributed by atoms with Crippen LogP contribution in [-0.2, 0) is 20.9 Å². The lowest BCUT2D eigenvalue weighted by molar-refractivity contribution is -0.123. The lowest BCUT2D eigenvalue weighted by Gasteiger charge is -2.22. The monoisotopic (exact) mass is 341 g/mol. The molecule has 0 aliphatic heterocycles. The quantitative estimate of drug-likeness (QED) is 0.805. The number of ether oxygens (including phenoxy) is 1. The van der Waals surface area contributed by atoms with Crippen LogP contribution in [0, 0.1) is 0 Å². The first kappa shape index (κ1) is 18.1. The third-order valence-corrected chi connectivity index (χ3v) is 3.52. The minimum absolute atomic E-state index is 0.200. The number of nitrogens with one attached hydrogen (secondary N) is 1. The van der Waals surface area contributed by atoms with Crippen molar-refractivity contribution in [2.75, 3.05) is 18.6 Å². The predicted octanol–water partition coefficient (Wildman–Crippen LogP) is 1.54. The van der Waals surface area contributed by atoms with Crippen LogP contribution in [0.3, 0.4) is 0 Å². The van der Waals surface area contributed by atoms with Crippen molar-refractivity contribution in [3.05, 3.63) is 59.9 Å². The van der Waals surface area contributed by atoms with Crippen LogP contribution >= 0.6 is 0 Å². The molecule has 0 radical (unpaired) electrons. The van der Waals surface area contributed by atoms with Crippen molar-refractivity contribution in [1.29, 1.82) is 0 Å². The molecule has 130 valence electrons. The van der Waals surface area contributed by atoms with Gasteiger partial charge in [0.1, 0.15) is 6.54 Å². The second-order valence-electron chi connectivity index (χ2n) is 5.25. The van der Waals surface area contributed by atoms with E-state index in [1.807, 2.05) is 0 Å². The lowest BCUT2D eigenvalue weighted by Crippen LogP contribution is -2.40. The Labute approximate surface area is 145 Å². The van der Waals surface area contributed by atoms with Gasteiger partial charge < -0.3 is 15.0 Å². The van der Waals surface area contributed by atoms with Gasteiger partial charge in [-0.2, -0.15) is 0 Å². The molecule has 1 N–H and O–H groups in total. The molecule has 0 unspecified atom stereocenters. The van der Waals surface area contributed by atoms with Gasteiger partial charge in [-0.05, 0) is 29.8 Å². The smallest absolute Gasteiger partial charge is 0.339 e. The molecule has 7 nitrogen and oxygen atoms in total. The Balaban J connectivity index is 2.12. The van der Waals surface area contributed by atoms with Gasteiger partial charge in [-0.25, -0.2) is 4.79 Å². The van der Waals surface area contributed by atoms with E-state index in [1.54, 1.807) is 48.8 Å². The van der Waals surface area contributed by atoms with Gasteiger partial charge in [-0.3, -0.25) is 14.6 Å². The maximum atomic E-state index is 12.2. The van der Waals surface area contributed by atoms with E-state index in [0.29, 0.717) is 12.2 Å². The third kappa shape index (κ3) is 4.87. The van der Waals surface area contributed by atoms with Crippen LogP contribution in [-0.4, -0.2) is 36.4 Å². The van der Waals surface area contributed by atoms with E-state index in [2.05, 4.69) is 10.3 Å². The number of carbonyl (C=O) groups excluding carboxylic acids is 3. The number of carbonyl (C=O) groups is 3. The van der Waals surface area contributed by atoms with Gasteiger partial charge in [0.05, 0.1) is 18.4 Å². The molecule has 0 fully saturated rings. The van der Waals surface area contributed by atoms with Crippen LogP contribution in [0.25, 0.3) is 0 Å². The van der Waals surface area contributed by atoms with Crippen LogP contribution in [0.1, 0.15) is 22.8 Å². The number of aromatic nitrogens is 1. The van der Waals surface area contributed by atoms with Gasteiger partial charge in [0.15, 0.2) is 0 Å². The summed E-state index contributed by atoms with van der Waals surface area (Å²) in [4.78, 5) is 41.3. The van der Waals surface area contributed by atoms with E-state index in [1.165, 1.54) is 18.9 Å². The average molecular weight is 341 g/mol. The van der Waals surface area contributed by atoms with Gasteiger partial charge in [0.2, 0.25) is 11.8 Å². The number of para-hydroxylation sites is 1. The Kier molecular flexibility index (Phi) is 6.22. The van der Waals surface area contributed by atoms with E-state index in [-0.39, 0.29) is 23.9 Å². The molecule has 1 heterocycles. The number of hydrogen-bond acceptors (Lipinski definition) is 5. The molecular formula is C18H19N3O4. The van der Waals surface area contributed by atoms with E-state index < -0.39 is 5.97 Å². The molecule has 1 aromatic heterocycles. The zero-order valence-electron chi connectivity index (χ0n) is 14.1. The fraction of sp³-hybridized carbons (Fsp3) is 0.222. The van der Waals surface area contributed by atoms with Crippen LogP contribution in [0.2, 0.25) is 0 Å². The minimum atomic E-state index is -0.570. The summed E-state index contributed by atoms with van der Waals surface area (Å²) in [5.74, 6) is -1.26. The number of hydrogen-bond donors (Lipinski definition) is 1. The molecule has 25 heavy (non-hydrogen) atoms. The van der Waals surface area contributed by atoms with Crippen molar-refractivity contribution in [3.63, 3.8) is 0 Å². The average Bonchev–Trinajstić information content (AvgIpc) is 2.64. The molecule has 7 heteroatoms. The number of benzene rings is 1. The second kappa shape index (κ2) is 8.58. The molecule has 1 aromatic carbocycles. The summed E-state index contributed by atoms with van der Waals surface area (Å²) in [7, 11) is 1.26. The number of pyridine rings is 1. The Hall–Kier alpha value is -3.22. The van der Waals surface area contributed by atoms with Crippen molar-refractivity contribution in [3.8, 4) is 0 Å². The van der Waals surface area contributed by atoms with E-state index in [4.69, 9.17) is 4.74 Å². The molecule has 2 amide bonds. The molecule has 2 rings (SSSR count). The number of anilines is 1. The number of methoxy groups -OCH3 is 1. The number of rotatable bonds is 6. The molecule has 0 aliphatic rings. The topological polar surface area (TPSA) is 88.6 Å². The Morgan fingerprint density at radius 3 is 2.44 bits per heavy atom. The van der Waals surface area contributed by atoms with Crippen molar-refractivity contribution in [1.82, 2.24) is 10.3 Å². The van der Waals surface area contributed by atoms with Crippen molar-refractivity contribution < 1.29 is 19.1 Å². The first-order valence-corrected chi connectivity index (χ1v) is 7.64. The maximum absolute atomic E-state index is 12.2. The van der Waals surface area contributed by atoms with Gasteiger partial charge in [0, 0.05) is 25.9 Å². The molecule has 0 saturated heterocycles. The summed E-state index contributed by atoms with van der Waals surface area (Å²) in [5.41, 5.74) is 1.45. The number of amides is 2. The molecular weight excluding hydrogens is 322 g/mol. The summed E-state index contributed by atoms with van der Waals surface area (Å²) in [6.45, 7) is 1.46. The van der Waals surface area contributed by atoms with E-state index in [9.17, 15) is 14.4 Å². The summed E-state index contributed by atoms with van der Waals surface area (Å²) in [5, 5.41) is 2.74. The van der Waals surface area contributed by atoms with Crippen LogP contribution in [0.4, 0.5) is 5.69 Å². The zero-order chi connectivity index (χ0) is 18.2. The summed E-state index contributed by atoms with van der Waals surface area (Å²) < 4.78 is 4.73. The fourth-order valence-corrected chi connectivity index (χ4v) is 2.26. The molecule has 0 aliphatic carbocycles. The first-order valence-electron chi connectivity index (χ1n) is 7.64. The Morgan fingerprint density at radius 2 is 1.80 bits per heavy atom. The molecule has 0 saturated carbocycles. The van der Waals surface area contributed by atoms with Crippen LogP contribution in [0.15, 0.2) is 48.8 Å². The molecule has 0 atom stereocenters. The Bertz CT molecular complexity index is 762. The maximum Gasteiger partial charge on any atom is 0.339 e. The highest BCUT2D eigenvalue weighted by Crippen LogP contribution is 2.21. The van der Waals surface area contributed by atoms with Crippen molar-refractivity contribution in [2.24, 2.45) is 0 Å². The molecule has 0 bridgehead atoms. The fourth-order valence-electron chi connectivity index (χ4n) is 2.26. The summed E-state index contributed by atoms with van der Waals surface area (Å²) in [6.07, 6.45) is 3.27. The highest BCUT2D eigenvalue weighted by molar-refractivity contribution is 6.04. The minimum Gasteiger partial charge on any atom is -0.465 e. The first-order chi connectivity index (χ1) is 12.0. The highest BCUT2D eigenvalue weighted by atomic mass is 16.5. The zero-order valence-corrected chi connectivity index (χ0v) is 14.1. The predicted molar refractivity (Wildman–Crippen MR) is 91.9 cm³/mol.